The van der Waals surface area contributed by atoms with Crippen LogP contribution in [0.5, 0.6) is 23.0 Å². The van der Waals surface area contributed by atoms with E-state index in [2.05, 4.69) is 0 Å². The number of benzene rings is 4. The normalized spacial score (nSPS) is 15.7. The number of hydrogen-bond acceptors (Lipinski definition) is 6. The lowest BCUT2D eigenvalue weighted by Crippen LogP contribution is -2.20. The van der Waals surface area contributed by atoms with Crippen molar-refractivity contribution < 1.29 is 30.0 Å². The van der Waals surface area contributed by atoms with E-state index in [0.29, 0.717) is 44.5 Å². The molecule has 6 rings (SSSR count). The van der Waals surface area contributed by atoms with Crippen molar-refractivity contribution in [2.24, 2.45) is 0 Å². The van der Waals surface area contributed by atoms with Crippen LogP contribution in [-0.2, 0) is 0 Å². The summed E-state index contributed by atoms with van der Waals surface area (Å²) >= 11 is 0. The number of aryl methyl sites for hydroxylation is 2. The van der Waals surface area contributed by atoms with Crippen molar-refractivity contribution in [3.63, 3.8) is 0 Å². The van der Waals surface area contributed by atoms with Gasteiger partial charge in [-0.25, -0.2) is 0 Å². The second kappa shape index (κ2) is 7.33. The van der Waals surface area contributed by atoms with Gasteiger partial charge >= 0.3 is 0 Å². The Morgan fingerprint density at radius 2 is 0.833 bits per heavy atom. The molecular formula is C30H20O6. The molecule has 0 atom stereocenters. The molecule has 4 aromatic carbocycles. The number of phenols is 4. The van der Waals surface area contributed by atoms with E-state index in [1.165, 1.54) is 24.3 Å². The van der Waals surface area contributed by atoms with Crippen LogP contribution in [0.25, 0.3) is 11.1 Å². The first-order valence-electron chi connectivity index (χ1n) is 11.4. The van der Waals surface area contributed by atoms with Crippen LogP contribution >= 0.6 is 0 Å². The predicted octanol–water partition coefficient (Wildman–Crippen LogP) is 5.22. The topological polar surface area (TPSA) is 115 Å². The Kier molecular flexibility index (Phi) is 4.41. The fourth-order valence-corrected chi connectivity index (χ4v) is 5.46. The average molecular weight is 476 g/mol. The minimum atomic E-state index is -0.518. The third-order valence-electron chi connectivity index (χ3n) is 6.84. The Morgan fingerprint density at radius 1 is 0.472 bits per heavy atom. The van der Waals surface area contributed by atoms with Crippen molar-refractivity contribution in [2.75, 3.05) is 0 Å². The molecule has 0 heterocycles. The van der Waals surface area contributed by atoms with E-state index in [4.69, 9.17) is 0 Å². The largest absolute Gasteiger partial charge is 0.507 e. The zero-order valence-electron chi connectivity index (χ0n) is 19.4. The summed E-state index contributed by atoms with van der Waals surface area (Å²) in [7, 11) is 0. The van der Waals surface area contributed by atoms with Crippen LogP contribution in [-0.4, -0.2) is 32.0 Å². The van der Waals surface area contributed by atoms with Gasteiger partial charge < -0.3 is 20.4 Å². The number of phenolic OH excluding ortho intramolecular Hbond substituents is 4. The van der Waals surface area contributed by atoms with Crippen LogP contribution in [0.4, 0.5) is 0 Å². The first-order valence-corrected chi connectivity index (χ1v) is 11.4. The minimum absolute atomic E-state index is 0.0312. The molecule has 2 aliphatic carbocycles. The van der Waals surface area contributed by atoms with Crippen molar-refractivity contribution in [3.05, 3.63) is 116 Å². The Morgan fingerprint density at radius 3 is 1.22 bits per heavy atom. The molecule has 0 saturated heterocycles. The molecule has 0 unspecified atom stereocenters. The van der Waals surface area contributed by atoms with E-state index < -0.39 is 11.6 Å². The lowest BCUT2D eigenvalue weighted by atomic mass is 9.71. The highest BCUT2D eigenvalue weighted by atomic mass is 16.3. The van der Waals surface area contributed by atoms with Crippen molar-refractivity contribution >= 4 is 22.7 Å². The molecule has 0 bridgehead atoms. The highest BCUT2D eigenvalue weighted by Crippen LogP contribution is 2.51. The average Bonchev–Trinajstić information content (AvgIpc) is 2.79. The Bertz CT molecular complexity index is 1600. The molecule has 0 saturated carbocycles. The SMILES string of the molecule is Cc1cc(O)c2c(c1)C(=C1c3cccc(O)c3C(=O)c3c(O)cc(C)cc31)c1cccc(O)c1C2=O. The maximum Gasteiger partial charge on any atom is 0.201 e. The van der Waals surface area contributed by atoms with Gasteiger partial charge in [-0.2, -0.15) is 0 Å². The quantitative estimate of drug-likeness (QED) is 0.239. The molecule has 0 fully saturated rings. The van der Waals surface area contributed by atoms with E-state index >= 15 is 0 Å². The van der Waals surface area contributed by atoms with E-state index in [-0.39, 0.29) is 45.3 Å². The fraction of sp³-hybridized carbons (Fsp3) is 0.0667. The van der Waals surface area contributed by atoms with Gasteiger partial charge in [0.2, 0.25) is 11.6 Å². The molecular weight excluding hydrogens is 456 g/mol. The molecule has 4 aromatic rings. The van der Waals surface area contributed by atoms with E-state index in [1.54, 1.807) is 50.2 Å². The van der Waals surface area contributed by atoms with Crippen molar-refractivity contribution in [2.45, 2.75) is 13.8 Å². The molecule has 0 spiro atoms. The van der Waals surface area contributed by atoms with Crippen LogP contribution < -0.4 is 0 Å². The van der Waals surface area contributed by atoms with Gasteiger partial charge in [-0.3, -0.25) is 9.59 Å². The van der Waals surface area contributed by atoms with Gasteiger partial charge in [0.25, 0.3) is 0 Å². The fourth-order valence-electron chi connectivity index (χ4n) is 5.46. The number of carbonyl (C=O) groups excluding carboxylic acids is 2. The number of ketones is 2. The van der Waals surface area contributed by atoms with Gasteiger partial charge in [-0.05, 0) is 82.6 Å². The number of hydrogen-bond donors (Lipinski definition) is 4. The van der Waals surface area contributed by atoms with Gasteiger partial charge in [0, 0.05) is 0 Å². The molecule has 0 aromatic heterocycles. The maximum atomic E-state index is 13.5. The van der Waals surface area contributed by atoms with Crippen molar-refractivity contribution in [3.8, 4) is 23.0 Å². The molecule has 0 amide bonds. The number of carbonyl (C=O) groups is 2. The first kappa shape index (κ1) is 21.7. The van der Waals surface area contributed by atoms with Crippen LogP contribution in [0.1, 0.15) is 65.2 Å². The van der Waals surface area contributed by atoms with Gasteiger partial charge in [0.05, 0.1) is 22.3 Å². The van der Waals surface area contributed by atoms with Crippen molar-refractivity contribution in [1.29, 1.82) is 0 Å². The summed E-state index contributed by atoms with van der Waals surface area (Å²) in [5.41, 5.74) is 4.25. The molecule has 176 valence electrons. The molecule has 0 radical (unpaired) electrons. The van der Waals surface area contributed by atoms with Gasteiger partial charge in [-0.15, -0.1) is 0 Å². The molecule has 36 heavy (non-hydrogen) atoms. The molecule has 4 N–H and O–H groups in total. The third kappa shape index (κ3) is 2.78. The van der Waals surface area contributed by atoms with Gasteiger partial charge in [-0.1, -0.05) is 36.4 Å². The maximum absolute atomic E-state index is 13.5. The summed E-state index contributed by atoms with van der Waals surface area (Å²) in [6, 6.07) is 16.0. The van der Waals surface area contributed by atoms with Crippen LogP contribution in [0.15, 0.2) is 60.7 Å². The van der Waals surface area contributed by atoms with Crippen LogP contribution in [0, 0.1) is 13.8 Å². The second-order valence-corrected chi connectivity index (χ2v) is 9.22. The first-order chi connectivity index (χ1) is 17.2. The summed E-state index contributed by atoms with van der Waals surface area (Å²) in [4.78, 5) is 27.0. The highest BCUT2D eigenvalue weighted by molar-refractivity contribution is 6.29. The number of rotatable bonds is 0. The molecule has 6 heteroatoms. The summed E-state index contributed by atoms with van der Waals surface area (Å²) in [5, 5.41) is 43.1. The Labute approximate surface area is 206 Å². The Hall–Kier alpha value is -4.84. The lowest BCUT2D eigenvalue weighted by Gasteiger charge is -2.30. The zero-order chi connectivity index (χ0) is 25.5. The summed E-state index contributed by atoms with van der Waals surface area (Å²) in [6.07, 6.45) is 0. The summed E-state index contributed by atoms with van der Waals surface area (Å²) < 4.78 is 0. The highest BCUT2D eigenvalue weighted by Gasteiger charge is 2.39. The van der Waals surface area contributed by atoms with Crippen molar-refractivity contribution in [1.82, 2.24) is 0 Å². The molecule has 6 nitrogen and oxygen atoms in total. The number of fused-ring (bicyclic) bond motifs is 4. The minimum Gasteiger partial charge on any atom is -0.507 e. The third-order valence-corrected chi connectivity index (χ3v) is 6.84. The van der Waals surface area contributed by atoms with Gasteiger partial charge in [0.1, 0.15) is 23.0 Å². The van der Waals surface area contributed by atoms with E-state index in [9.17, 15) is 30.0 Å². The molecule has 0 aliphatic heterocycles. The summed E-state index contributed by atoms with van der Waals surface area (Å²) in [6.45, 7) is 3.58. The monoisotopic (exact) mass is 476 g/mol. The van der Waals surface area contributed by atoms with Crippen LogP contribution in [0.2, 0.25) is 0 Å². The van der Waals surface area contributed by atoms with E-state index in [0.717, 1.165) is 0 Å². The zero-order valence-corrected chi connectivity index (χ0v) is 19.4. The molecule has 2 aliphatic rings. The standard InChI is InChI=1S/C30H20O6/c1-13-9-17-23(15-5-3-7-19(31)25(15)29(35)27(17)21(33)11-13)24-16-6-4-8-20(32)26(16)30(36)28-18(24)10-14(2)12-22(28)34/h3-12,31-34H,1-2H3. The Balaban J connectivity index is 1.91. The second-order valence-electron chi connectivity index (χ2n) is 9.22. The van der Waals surface area contributed by atoms with Gasteiger partial charge in [0.15, 0.2) is 0 Å². The van der Waals surface area contributed by atoms with E-state index in [1.807, 2.05) is 0 Å². The van der Waals surface area contributed by atoms with Crippen LogP contribution in [0.3, 0.4) is 0 Å². The lowest BCUT2D eigenvalue weighted by molar-refractivity contribution is 0.102. The predicted molar refractivity (Wildman–Crippen MR) is 134 cm³/mol. The number of aromatic hydroxyl groups is 4. The smallest absolute Gasteiger partial charge is 0.201 e. The summed E-state index contributed by atoms with van der Waals surface area (Å²) in [5.74, 6) is -1.96.